The number of nitrogens with zero attached hydrogens (tertiary/aromatic N) is 2. The number of hydrogen-bond acceptors (Lipinski definition) is 4. The van der Waals surface area contributed by atoms with Crippen LogP contribution in [0.1, 0.15) is 21.6 Å². The molecule has 0 radical (unpaired) electrons. The molecule has 2 heterocycles. The van der Waals surface area contributed by atoms with Gasteiger partial charge in [0.15, 0.2) is 0 Å². The molecule has 2 aromatic rings. The van der Waals surface area contributed by atoms with Crippen molar-refractivity contribution < 1.29 is 4.79 Å². The highest BCUT2D eigenvalue weighted by Gasteiger charge is 2.22. The van der Waals surface area contributed by atoms with E-state index in [9.17, 15) is 4.79 Å². The maximum atomic E-state index is 11.7. The first kappa shape index (κ1) is 13.6. The first-order valence-electron chi connectivity index (χ1n) is 7.03. The topological polar surface area (TPSA) is 71.2 Å². The third-order valence-corrected chi connectivity index (χ3v) is 3.66. The molecule has 1 saturated heterocycles. The Morgan fingerprint density at radius 2 is 2.10 bits per heavy atom. The summed E-state index contributed by atoms with van der Waals surface area (Å²) in [6.07, 6.45) is 2.35. The Kier molecular flexibility index (Phi) is 3.83. The largest absolute Gasteiger partial charge is 0.366 e. The maximum absolute atomic E-state index is 11.7. The number of amides is 1. The smallest absolute Gasteiger partial charge is 0.250 e. The summed E-state index contributed by atoms with van der Waals surface area (Å²) >= 11 is 0. The predicted molar refractivity (Wildman–Crippen MR) is 82.2 cm³/mol. The van der Waals surface area contributed by atoms with Crippen molar-refractivity contribution >= 4 is 11.6 Å². The first-order valence-corrected chi connectivity index (χ1v) is 7.03. The molecular formula is C16H18N4O. The second-order valence-electron chi connectivity index (χ2n) is 5.10. The SMILES string of the molecule is NC(=O)c1ccnc(Cc2ccccc2)c1N1CCNC1. The Bertz CT molecular complexity index is 636. The van der Waals surface area contributed by atoms with Gasteiger partial charge in [0.2, 0.25) is 0 Å². The number of carbonyl (C=O) groups excluding carboxylic acids is 1. The third-order valence-electron chi connectivity index (χ3n) is 3.66. The number of rotatable bonds is 4. The van der Waals surface area contributed by atoms with Crippen molar-refractivity contribution in [2.75, 3.05) is 24.7 Å². The van der Waals surface area contributed by atoms with Crippen molar-refractivity contribution in [1.29, 1.82) is 0 Å². The number of aromatic nitrogens is 1. The van der Waals surface area contributed by atoms with Crippen LogP contribution in [-0.4, -0.2) is 30.6 Å². The summed E-state index contributed by atoms with van der Waals surface area (Å²) in [5.41, 5.74) is 8.99. The van der Waals surface area contributed by atoms with Crippen LogP contribution in [0.3, 0.4) is 0 Å². The highest BCUT2D eigenvalue weighted by molar-refractivity contribution is 5.99. The van der Waals surface area contributed by atoms with Crippen molar-refractivity contribution in [3.05, 3.63) is 59.4 Å². The van der Waals surface area contributed by atoms with E-state index in [0.29, 0.717) is 18.7 Å². The van der Waals surface area contributed by atoms with Crippen molar-refractivity contribution in [2.24, 2.45) is 5.73 Å². The van der Waals surface area contributed by atoms with Gasteiger partial charge in [0.25, 0.3) is 5.91 Å². The zero-order valence-corrected chi connectivity index (χ0v) is 11.7. The minimum atomic E-state index is -0.409. The van der Waals surface area contributed by atoms with Gasteiger partial charge in [0, 0.05) is 25.7 Å². The standard InChI is InChI=1S/C16H18N4O/c17-16(21)13-6-7-19-14(10-12-4-2-1-3-5-12)15(13)20-9-8-18-11-20/h1-7,18H,8-11H2,(H2,17,21). The quantitative estimate of drug-likeness (QED) is 0.882. The Morgan fingerprint density at radius 3 is 2.76 bits per heavy atom. The third kappa shape index (κ3) is 2.87. The van der Waals surface area contributed by atoms with Gasteiger partial charge in [-0.1, -0.05) is 30.3 Å². The lowest BCUT2D eigenvalue weighted by atomic mass is 10.0. The van der Waals surface area contributed by atoms with E-state index in [0.717, 1.165) is 24.5 Å². The van der Waals surface area contributed by atoms with Gasteiger partial charge in [-0.05, 0) is 11.6 Å². The van der Waals surface area contributed by atoms with Crippen molar-refractivity contribution in [2.45, 2.75) is 6.42 Å². The van der Waals surface area contributed by atoms with Crippen LogP contribution in [0.5, 0.6) is 0 Å². The molecule has 1 aliphatic rings. The summed E-state index contributed by atoms with van der Waals surface area (Å²) in [7, 11) is 0. The fourth-order valence-corrected chi connectivity index (χ4v) is 2.67. The van der Waals surface area contributed by atoms with Crippen LogP contribution >= 0.6 is 0 Å². The number of hydrogen-bond donors (Lipinski definition) is 2. The Morgan fingerprint density at radius 1 is 1.29 bits per heavy atom. The van der Waals surface area contributed by atoms with Gasteiger partial charge < -0.3 is 10.6 Å². The van der Waals surface area contributed by atoms with E-state index in [2.05, 4.69) is 27.3 Å². The van der Waals surface area contributed by atoms with E-state index in [1.807, 2.05) is 18.2 Å². The molecule has 5 heteroatoms. The van der Waals surface area contributed by atoms with Gasteiger partial charge in [-0.3, -0.25) is 15.1 Å². The average Bonchev–Trinajstić information content (AvgIpc) is 3.02. The van der Waals surface area contributed by atoms with Gasteiger partial charge in [-0.25, -0.2) is 0 Å². The Hall–Kier alpha value is -2.40. The molecule has 1 aromatic heterocycles. The molecule has 0 spiro atoms. The fraction of sp³-hybridized carbons (Fsp3) is 0.250. The molecule has 5 nitrogen and oxygen atoms in total. The number of carbonyl (C=O) groups is 1. The van der Waals surface area contributed by atoms with E-state index < -0.39 is 5.91 Å². The fourth-order valence-electron chi connectivity index (χ4n) is 2.67. The molecule has 3 N–H and O–H groups in total. The van der Waals surface area contributed by atoms with Crippen LogP contribution in [0, 0.1) is 0 Å². The predicted octanol–water partition coefficient (Wildman–Crippen LogP) is 1.14. The maximum Gasteiger partial charge on any atom is 0.250 e. The lowest BCUT2D eigenvalue weighted by Gasteiger charge is -2.22. The molecule has 0 saturated carbocycles. The summed E-state index contributed by atoms with van der Waals surface area (Å²) in [6, 6.07) is 11.8. The molecule has 0 bridgehead atoms. The van der Waals surface area contributed by atoms with Crippen LogP contribution in [0.15, 0.2) is 42.6 Å². The minimum Gasteiger partial charge on any atom is -0.366 e. The molecule has 1 aromatic carbocycles. The molecular weight excluding hydrogens is 264 g/mol. The van der Waals surface area contributed by atoms with Gasteiger partial charge >= 0.3 is 0 Å². The average molecular weight is 282 g/mol. The van der Waals surface area contributed by atoms with Crippen molar-refractivity contribution in [3.63, 3.8) is 0 Å². The minimum absolute atomic E-state index is 0.409. The van der Waals surface area contributed by atoms with Gasteiger partial charge in [-0.15, -0.1) is 0 Å². The number of primary amides is 1. The van der Waals surface area contributed by atoms with Gasteiger partial charge in [0.1, 0.15) is 0 Å². The molecule has 0 atom stereocenters. The van der Waals surface area contributed by atoms with Crippen LogP contribution in [-0.2, 0) is 6.42 Å². The highest BCUT2D eigenvalue weighted by Crippen LogP contribution is 2.26. The number of anilines is 1. The van der Waals surface area contributed by atoms with E-state index in [-0.39, 0.29) is 0 Å². The molecule has 1 fully saturated rings. The summed E-state index contributed by atoms with van der Waals surface area (Å²) in [5.74, 6) is -0.409. The number of benzene rings is 1. The molecule has 21 heavy (non-hydrogen) atoms. The van der Waals surface area contributed by atoms with E-state index >= 15 is 0 Å². The lowest BCUT2D eigenvalue weighted by molar-refractivity contribution is 0.100. The van der Waals surface area contributed by atoms with Crippen LogP contribution < -0.4 is 16.0 Å². The summed E-state index contributed by atoms with van der Waals surface area (Å²) < 4.78 is 0. The number of nitrogens with one attached hydrogen (secondary N) is 1. The molecule has 0 aliphatic carbocycles. The second-order valence-corrected chi connectivity index (χ2v) is 5.10. The van der Waals surface area contributed by atoms with Crippen LogP contribution in [0.4, 0.5) is 5.69 Å². The second kappa shape index (κ2) is 5.93. The van der Waals surface area contributed by atoms with E-state index in [1.165, 1.54) is 5.56 Å². The lowest BCUT2D eigenvalue weighted by Crippen LogP contribution is -2.27. The molecule has 108 valence electrons. The Balaban J connectivity index is 2.02. The molecule has 1 aliphatic heterocycles. The van der Waals surface area contributed by atoms with Crippen LogP contribution in [0.2, 0.25) is 0 Å². The Labute approximate surface area is 123 Å². The monoisotopic (exact) mass is 282 g/mol. The zero-order valence-electron chi connectivity index (χ0n) is 11.7. The van der Waals surface area contributed by atoms with E-state index in [1.54, 1.807) is 12.3 Å². The van der Waals surface area contributed by atoms with Crippen LogP contribution in [0.25, 0.3) is 0 Å². The van der Waals surface area contributed by atoms with Gasteiger partial charge in [-0.2, -0.15) is 0 Å². The van der Waals surface area contributed by atoms with Crippen molar-refractivity contribution in [1.82, 2.24) is 10.3 Å². The zero-order chi connectivity index (χ0) is 14.7. The summed E-state index contributed by atoms with van der Waals surface area (Å²) in [5, 5.41) is 3.27. The molecule has 3 rings (SSSR count). The number of pyridine rings is 1. The summed E-state index contributed by atoms with van der Waals surface area (Å²) in [4.78, 5) is 18.3. The normalized spacial score (nSPS) is 14.4. The molecule has 1 amide bonds. The van der Waals surface area contributed by atoms with Gasteiger partial charge in [0.05, 0.1) is 23.6 Å². The first-order chi connectivity index (χ1) is 10.3. The number of nitrogens with two attached hydrogens (primary N) is 1. The molecule has 0 unspecified atom stereocenters. The van der Waals surface area contributed by atoms with E-state index in [4.69, 9.17) is 5.73 Å². The summed E-state index contributed by atoms with van der Waals surface area (Å²) in [6.45, 7) is 2.47. The highest BCUT2D eigenvalue weighted by atomic mass is 16.1. The van der Waals surface area contributed by atoms with Crippen molar-refractivity contribution in [3.8, 4) is 0 Å².